The summed E-state index contributed by atoms with van der Waals surface area (Å²) in [5.41, 5.74) is 1.20. The first kappa shape index (κ1) is 16.3. The van der Waals surface area contributed by atoms with Crippen LogP contribution in [-0.2, 0) is 9.47 Å². The fourth-order valence-corrected chi connectivity index (χ4v) is 3.35. The number of aromatic nitrogens is 2. The average Bonchev–Trinajstić information content (AvgIpc) is 2.70. The summed E-state index contributed by atoms with van der Waals surface area (Å²) < 4.78 is 11.5. The Morgan fingerprint density at radius 3 is 2.88 bits per heavy atom. The van der Waals surface area contributed by atoms with Crippen LogP contribution in [0.3, 0.4) is 0 Å². The molecule has 2 aromatic rings. The highest BCUT2D eigenvalue weighted by molar-refractivity contribution is 5.42. The molecule has 6 heteroatoms. The molecule has 0 amide bonds. The van der Waals surface area contributed by atoms with E-state index in [1.807, 2.05) is 30.5 Å². The molecule has 3 heterocycles. The van der Waals surface area contributed by atoms with Gasteiger partial charge in [0.2, 0.25) is 5.95 Å². The second-order valence-corrected chi connectivity index (χ2v) is 6.52. The molecule has 2 saturated heterocycles. The minimum absolute atomic E-state index is 0.0573. The van der Waals surface area contributed by atoms with Crippen LogP contribution in [0.5, 0.6) is 0 Å². The van der Waals surface area contributed by atoms with Gasteiger partial charge in [-0.2, -0.15) is 4.98 Å². The SMILES string of the molecule is c1ccc(C2CN(c3nccc(NC4CCCOC4)n3)CCO2)cc1. The zero-order valence-electron chi connectivity index (χ0n) is 14.3. The Kier molecular flexibility index (Phi) is 5.09. The fraction of sp³-hybridized carbons (Fsp3) is 0.474. The molecule has 0 saturated carbocycles. The van der Waals surface area contributed by atoms with Crippen molar-refractivity contribution in [2.45, 2.75) is 25.0 Å². The van der Waals surface area contributed by atoms with Gasteiger partial charge in [0.25, 0.3) is 0 Å². The van der Waals surface area contributed by atoms with Crippen molar-refractivity contribution in [2.24, 2.45) is 0 Å². The molecule has 2 unspecified atom stereocenters. The van der Waals surface area contributed by atoms with Crippen molar-refractivity contribution in [2.75, 3.05) is 43.1 Å². The molecule has 0 bridgehead atoms. The maximum Gasteiger partial charge on any atom is 0.227 e. The zero-order valence-corrected chi connectivity index (χ0v) is 14.3. The Morgan fingerprint density at radius 1 is 1.12 bits per heavy atom. The molecule has 6 nitrogen and oxygen atoms in total. The number of morpholine rings is 1. The topological polar surface area (TPSA) is 59.5 Å². The fourth-order valence-electron chi connectivity index (χ4n) is 3.35. The maximum absolute atomic E-state index is 5.94. The van der Waals surface area contributed by atoms with Gasteiger partial charge in [-0.15, -0.1) is 0 Å². The summed E-state index contributed by atoms with van der Waals surface area (Å²) in [6.45, 7) is 3.85. The van der Waals surface area contributed by atoms with Crippen molar-refractivity contribution >= 4 is 11.8 Å². The van der Waals surface area contributed by atoms with Crippen LogP contribution in [0.2, 0.25) is 0 Å². The Balaban J connectivity index is 1.44. The Morgan fingerprint density at radius 2 is 2.04 bits per heavy atom. The van der Waals surface area contributed by atoms with Crippen molar-refractivity contribution in [3.63, 3.8) is 0 Å². The van der Waals surface area contributed by atoms with Crippen molar-refractivity contribution in [3.8, 4) is 0 Å². The predicted octanol–water partition coefficient (Wildman–Crippen LogP) is 2.65. The first-order valence-electron chi connectivity index (χ1n) is 8.97. The van der Waals surface area contributed by atoms with E-state index in [0.717, 1.165) is 50.9 Å². The highest BCUT2D eigenvalue weighted by Crippen LogP contribution is 2.24. The van der Waals surface area contributed by atoms with Crippen LogP contribution in [0.4, 0.5) is 11.8 Å². The molecule has 2 aliphatic heterocycles. The smallest absolute Gasteiger partial charge is 0.227 e. The second kappa shape index (κ2) is 7.80. The van der Waals surface area contributed by atoms with Crippen LogP contribution in [0.25, 0.3) is 0 Å². The van der Waals surface area contributed by atoms with E-state index in [-0.39, 0.29) is 6.10 Å². The molecule has 25 heavy (non-hydrogen) atoms. The summed E-state index contributed by atoms with van der Waals surface area (Å²) in [6.07, 6.45) is 4.09. The highest BCUT2D eigenvalue weighted by Gasteiger charge is 2.24. The monoisotopic (exact) mass is 340 g/mol. The minimum atomic E-state index is 0.0573. The van der Waals surface area contributed by atoms with Crippen LogP contribution < -0.4 is 10.2 Å². The van der Waals surface area contributed by atoms with Crippen LogP contribution in [0.1, 0.15) is 24.5 Å². The van der Waals surface area contributed by atoms with Crippen LogP contribution in [0.15, 0.2) is 42.6 Å². The van der Waals surface area contributed by atoms with E-state index in [4.69, 9.17) is 14.5 Å². The summed E-state index contributed by atoms with van der Waals surface area (Å²) in [4.78, 5) is 11.4. The molecular weight excluding hydrogens is 316 g/mol. The number of hydrogen-bond acceptors (Lipinski definition) is 6. The number of hydrogen-bond donors (Lipinski definition) is 1. The molecule has 132 valence electrons. The summed E-state index contributed by atoms with van der Waals surface area (Å²) in [6, 6.07) is 12.6. The second-order valence-electron chi connectivity index (χ2n) is 6.52. The van der Waals surface area contributed by atoms with Gasteiger partial charge in [-0.3, -0.25) is 0 Å². The lowest BCUT2D eigenvalue weighted by molar-refractivity contribution is 0.0392. The van der Waals surface area contributed by atoms with E-state index in [9.17, 15) is 0 Å². The number of rotatable bonds is 4. The first-order chi connectivity index (χ1) is 12.4. The number of benzene rings is 1. The van der Waals surface area contributed by atoms with Crippen LogP contribution in [0, 0.1) is 0 Å². The van der Waals surface area contributed by atoms with E-state index in [1.54, 1.807) is 0 Å². The molecule has 2 fully saturated rings. The van der Waals surface area contributed by atoms with Gasteiger partial charge in [-0.05, 0) is 24.5 Å². The summed E-state index contributed by atoms with van der Waals surface area (Å²) in [7, 11) is 0. The van der Waals surface area contributed by atoms with Crippen molar-refractivity contribution in [1.29, 1.82) is 0 Å². The molecule has 2 atom stereocenters. The molecule has 1 aromatic heterocycles. The zero-order chi connectivity index (χ0) is 16.9. The predicted molar refractivity (Wildman–Crippen MR) is 96.8 cm³/mol. The third kappa shape index (κ3) is 4.08. The van der Waals surface area contributed by atoms with Crippen LogP contribution in [-0.4, -0.2) is 48.9 Å². The Hall–Kier alpha value is -2.18. The standard InChI is InChI=1S/C19H24N4O2/c1-2-5-15(6-3-1)17-13-23(10-12-25-17)19-20-9-8-18(22-19)21-16-7-4-11-24-14-16/h1-3,5-6,8-9,16-17H,4,7,10-14H2,(H,20,21,22). The van der Waals surface area contributed by atoms with Gasteiger partial charge in [0.1, 0.15) is 11.9 Å². The molecule has 0 spiro atoms. The van der Waals surface area contributed by atoms with E-state index in [0.29, 0.717) is 12.6 Å². The lowest BCUT2D eigenvalue weighted by Gasteiger charge is -2.33. The molecule has 0 radical (unpaired) electrons. The van der Waals surface area contributed by atoms with Gasteiger partial charge in [0.15, 0.2) is 0 Å². The van der Waals surface area contributed by atoms with E-state index >= 15 is 0 Å². The molecule has 4 rings (SSSR count). The number of nitrogens with zero attached hydrogens (tertiary/aromatic N) is 3. The van der Waals surface area contributed by atoms with Gasteiger partial charge in [0, 0.05) is 19.3 Å². The largest absolute Gasteiger partial charge is 0.379 e. The van der Waals surface area contributed by atoms with Crippen molar-refractivity contribution in [1.82, 2.24) is 9.97 Å². The van der Waals surface area contributed by atoms with Gasteiger partial charge in [-0.1, -0.05) is 30.3 Å². The van der Waals surface area contributed by atoms with Crippen LogP contribution >= 0.6 is 0 Å². The molecule has 1 N–H and O–H groups in total. The highest BCUT2D eigenvalue weighted by atomic mass is 16.5. The molecule has 2 aliphatic rings. The number of nitrogens with one attached hydrogen (secondary N) is 1. The quantitative estimate of drug-likeness (QED) is 0.923. The van der Waals surface area contributed by atoms with E-state index < -0.39 is 0 Å². The number of anilines is 2. The summed E-state index contributed by atoms with van der Waals surface area (Å²) >= 11 is 0. The Bertz CT molecular complexity index is 676. The minimum Gasteiger partial charge on any atom is -0.379 e. The molecule has 1 aromatic carbocycles. The molecule has 0 aliphatic carbocycles. The van der Waals surface area contributed by atoms with E-state index in [1.165, 1.54) is 5.56 Å². The lowest BCUT2D eigenvalue weighted by atomic mass is 10.1. The average molecular weight is 340 g/mol. The maximum atomic E-state index is 5.94. The van der Waals surface area contributed by atoms with E-state index in [2.05, 4.69) is 27.3 Å². The third-order valence-corrected chi connectivity index (χ3v) is 4.68. The summed E-state index contributed by atoms with van der Waals surface area (Å²) in [5, 5.41) is 3.47. The third-order valence-electron chi connectivity index (χ3n) is 4.68. The van der Waals surface area contributed by atoms with Gasteiger partial charge in [-0.25, -0.2) is 4.98 Å². The number of ether oxygens (including phenoxy) is 2. The van der Waals surface area contributed by atoms with Crippen molar-refractivity contribution < 1.29 is 9.47 Å². The lowest BCUT2D eigenvalue weighted by Crippen LogP contribution is -2.39. The van der Waals surface area contributed by atoms with Gasteiger partial charge >= 0.3 is 0 Å². The first-order valence-corrected chi connectivity index (χ1v) is 8.97. The Labute approximate surface area is 148 Å². The summed E-state index contributed by atoms with van der Waals surface area (Å²) in [5.74, 6) is 1.62. The van der Waals surface area contributed by atoms with Gasteiger partial charge in [0.05, 0.1) is 25.8 Å². The normalized spacial score (nSPS) is 24.1. The van der Waals surface area contributed by atoms with Crippen molar-refractivity contribution in [3.05, 3.63) is 48.2 Å². The molecular formula is C19H24N4O2. The van der Waals surface area contributed by atoms with Gasteiger partial charge < -0.3 is 19.7 Å².